The van der Waals surface area contributed by atoms with Gasteiger partial charge in [0.1, 0.15) is 5.75 Å². The number of carbonyl (C=O) groups is 1. The molecule has 2 bridgehead atoms. The number of nitrogens with one attached hydrogen (secondary N) is 1. The molecule has 4 aromatic rings. The highest BCUT2D eigenvalue weighted by molar-refractivity contribution is 9.10. The molecule has 1 amide bonds. The fourth-order valence-corrected chi connectivity index (χ4v) is 9.07. The zero-order valence-corrected chi connectivity index (χ0v) is 27.6. The van der Waals surface area contributed by atoms with Crippen LogP contribution in [0.1, 0.15) is 56.9 Å². The number of hydrogen-bond donors (Lipinski definition) is 2. The summed E-state index contributed by atoms with van der Waals surface area (Å²) in [6, 6.07) is 16.1. The van der Waals surface area contributed by atoms with Gasteiger partial charge in [0.15, 0.2) is 6.04 Å². The molecular formula is C35H36BrF2N3O4S. The van der Waals surface area contributed by atoms with E-state index in [1.165, 1.54) is 29.2 Å². The van der Waals surface area contributed by atoms with E-state index in [1.54, 1.807) is 42.5 Å². The van der Waals surface area contributed by atoms with Crippen molar-refractivity contribution in [3.63, 3.8) is 0 Å². The van der Waals surface area contributed by atoms with Gasteiger partial charge in [0, 0.05) is 28.2 Å². The van der Waals surface area contributed by atoms with Crippen molar-refractivity contribution >= 4 is 53.4 Å². The number of carbonyl (C=O) groups excluding carboxylic acids is 1. The lowest BCUT2D eigenvalue weighted by Crippen LogP contribution is -2.60. The van der Waals surface area contributed by atoms with Gasteiger partial charge < -0.3 is 15.4 Å². The van der Waals surface area contributed by atoms with E-state index in [0.717, 1.165) is 40.9 Å². The monoisotopic (exact) mass is 711 g/mol. The van der Waals surface area contributed by atoms with Gasteiger partial charge in [-0.2, -0.15) is 13.5 Å². The molecule has 2 heterocycles. The lowest BCUT2D eigenvalue weighted by molar-refractivity contribution is -0.148. The van der Waals surface area contributed by atoms with Crippen molar-refractivity contribution in [3.8, 4) is 5.75 Å². The van der Waals surface area contributed by atoms with E-state index in [1.807, 2.05) is 6.07 Å². The summed E-state index contributed by atoms with van der Waals surface area (Å²) in [4.78, 5) is 15.4. The Morgan fingerprint density at radius 3 is 2.22 bits per heavy atom. The molecule has 3 fully saturated rings. The Morgan fingerprint density at radius 1 is 0.870 bits per heavy atom. The number of sulfonamides is 1. The summed E-state index contributed by atoms with van der Waals surface area (Å²) in [5, 5.41) is 2.65. The fourth-order valence-electron chi connectivity index (χ4n) is 7.46. The summed E-state index contributed by atoms with van der Waals surface area (Å²) in [5.41, 5.74) is 5.75. The number of ether oxygens (including phenoxy) is 1. The van der Waals surface area contributed by atoms with E-state index in [0.29, 0.717) is 42.2 Å². The molecule has 242 valence electrons. The second kappa shape index (κ2) is 12.2. The number of rotatable bonds is 8. The Bertz CT molecular complexity index is 1900. The minimum atomic E-state index is -4.57. The smallest absolute Gasteiger partial charge is 0.298 e. The minimum absolute atomic E-state index is 0.126. The van der Waals surface area contributed by atoms with E-state index < -0.39 is 33.5 Å². The first kappa shape index (κ1) is 31.5. The van der Waals surface area contributed by atoms with Crippen molar-refractivity contribution in [1.29, 1.82) is 0 Å². The number of amides is 1. The highest BCUT2D eigenvalue weighted by atomic mass is 79.9. The number of hydrogen-bond acceptors (Lipinski definition) is 5. The second-order valence-corrected chi connectivity index (χ2v) is 15.6. The highest BCUT2D eigenvalue weighted by Crippen LogP contribution is 2.41. The molecule has 0 spiro atoms. The molecule has 0 aromatic heterocycles. The Morgan fingerprint density at radius 2 is 1.48 bits per heavy atom. The van der Waals surface area contributed by atoms with Crippen LogP contribution in [0.15, 0.2) is 82.2 Å². The van der Waals surface area contributed by atoms with Gasteiger partial charge in [0.05, 0.1) is 11.0 Å². The molecule has 3 atom stereocenters. The third-order valence-electron chi connectivity index (χ3n) is 9.79. The Hall–Kier alpha value is -3.12. The third-order valence-corrected chi connectivity index (χ3v) is 11.7. The van der Waals surface area contributed by atoms with Crippen LogP contribution in [0.25, 0.3) is 21.5 Å². The number of fused-ring (bicyclic) bond motifs is 4. The normalized spacial score (nSPS) is 22.9. The van der Waals surface area contributed by atoms with E-state index in [2.05, 4.69) is 20.7 Å². The number of nitrogens with two attached hydrogens (primary N) is 1. The van der Waals surface area contributed by atoms with E-state index >= 15 is 8.78 Å². The molecule has 1 aliphatic carbocycles. The van der Waals surface area contributed by atoms with E-state index in [-0.39, 0.29) is 29.1 Å². The van der Waals surface area contributed by atoms with Crippen molar-refractivity contribution in [2.75, 3.05) is 0 Å². The van der Waals surface area contributed by atoms with Crippen LogP contribution in [0.4, 0.5) is 8.78 Å². The van der Waals surface area contributed by atoms with Crippen LogP contribution >= 0.6 is 15.9 Å². The largest absolute Gasteiger partial charge is 0.490 e. The summed E-state index contributed by atoms with van der Waals surface area (Å²) in [7, 11) is -4.57. The first-order chi connectivity index (χ1) is 22.0. The SMILES string of the molecule is NC1CC2CCC(C1)N2C(=O)C(NS(=O)(=O)c1ccc2cc(OC3CCCC3)ccc2c1)C(F)(F)c1ccc2cc(Br)ccc2c1. The third kappa shape index (κ3) is 6.03. The molecule has 11 heteroatoms. The van der Waals surface area contributed by atoms with Crippen molar-refractivity contribution in [3.05, 3.63) is 82.8 Å². The molecule has 3 N–H and O–H groups in total. The summed E-state index contributed by atoms with van der Waals surface area (Å²) in [6.07, 6.45) is 6.76. The van der Waals surface area contributed by atoms with Crippen LogP contribution in [-0.4, -0.2) is 49.5 Å². The molecule has 1 saturated carbocycles. The number of benzene rings is 4. The van der Waals surface area contributed by atoms with Gasteiger partial charge in [-0.05, 0) is 115 Å². The number of piperidine rings is 1. The van der Waals surface area contributed by atoms with Crippen molar-refractivity contribution in [2.45, 2.75) is 92.5 Å². The minimum Gasteiger partial charge on any atom is -0.490 e. The van der Waals surface area contributed by atoms with Gasteiger partial charge >= 0.3 is 0 Å². The van der Waals surface area contributed by atoms with Crippen molar-refractivity contribution in [1.82, 2.24) is 9.62 Å². The van der Waals surface area contributed by atoms with Crippen molar-refractivity contribution < 1.29 is 26.7 Å². The first-order valence-corrected chi connectivity index (χ1v) is 18.1. The number of alkyl halides is 2. The van der Waals surface area contributed by atoms with E-state index in [4.69, 9.17) is 10.5 Å². The molecule has 2 saturated heterocycles. The van der Waals surface area contributed by atoms with Crippen LogP contribution in [0, 0.1) is 0 Å². The average Bonchev–Trinajstić information content (AvgIpc) is 3.64. The maximum Gasteiger partial charge on any atom is 0.298 e. The Kier molecular flexibility index (Phi) is 8.32. The predicted molar refractivity (Wildman–Crippen MR) is 177 cm³/mol. The van der Waals surface area contributed by atoms with Crippen LogP contribution in [0.2, 0.25) is 0 Å². The number of nitrogens with zero attached hydrogens (tertiary/aromatic N) is 1. The van der Waals surface area contributed by atoms with Crippen LogP contribution in [-0.2, 0) is 20.7 Å². The number of halogens is 3. The zero-order chi connectivity index (χ0) is 32.2. The lowest BCUT2D eigenvalue weighted by atomic mass is 9.94. The second-order valence-electron chi connectivity index (χ2n) is 12.9. The Balaban J connectivity index is 1.23. The standard InChI is InChI=1S/C35H36BrF2N3O4S/c36-26-10-6-21-15-25(9-5-22(21)16-26)35(37,38)33(34(42)41-28-11-12-29(41)20-27(39)19-28)40-46(43,44)32-14-8-23-17-31(13-7-24(23)18-32)45-30-3-1-2-4-30/h5-10,13-18,27-30,33,40H,1-4,11-12,19-20,39H2. The average molecular weight is 713 g/mol. The van der Waals surface area contributed by atoms with Crippen LogP contribution < -0.4 is 15.2 Å². The molecule has 0 radical (unpaired) electrons. The first-order valence-electron chi connectivity index (χ1n) is 15.9. The predicted octanol–water partition coefficient (Wildman–Crippen LogP) is 7.00. The molecule has 46 heavy (non-hydrogen) atoms. The maximum absolute atomic E-state index is 16.7. The summed E-state index contributed by atoms with van der Waals surface area (Å²) in [6.45, 7) is 0. The van der Waals surface area contributed by atoms with Gasteiger partial charge in [-0.1, -0.05) is 46.3 Å². The Labute approximate surface area is 275 Å². The van der Waals surface area contributed by atoms with Crippen LogP contribution in [0.3, 0.4) is 0 Å². The lowest BCUT2D eigenvalue weighted by Gasteiger charge is -2.41. The fraction of sp³-hybridized carbons (Fsp3) is 0.400. The van der Waals surface area contributed by atoms with Gasteiger partial charge in [-0.25, -0.2) is 8.42 Å². The molecule has 3 unspecified atom stereocenters. The van der Waals surface area contributed by atoms with Gasteiger partial charge in [0.25, 0.3) is 5.92 Å². The van der Waals surface area contributed by atoms with Crippen molar-refractivity contribution in [2.24, 2.45) is 5.73 Å². The quantitative estimate of drug-likeness (QED) is 0.205. The van der Waals surface area contributed by atoms with Gasteiger partial charge in [-0.15, -0.1) is 0 Å². The molecular weight excluding hydrogens is 676 g/mol. The van der Waals surface area contributed by atoms with Crippen LogP contribution in [0.5, 0.6) is 5.75 Å². The molecule has 2 aliphatic heterocycles. The molecule has 4 aromatic carbocycles. The topological polar surface area (TPSA) is 102 Å². The molecule has 3 aliphatic rings. The zero-order valence-electron chi connectivity index (χ0n) is 25.2. The highest BCUT2D eigenvalue weighted by Gasteiger charge is 2.53. The molecule has 7 nitrogen and oxygen atoms in total. The van der Waals surface area contributed by atoms with Gasteiger partial charge in [-0.3, -0.25) is 4.79 Å². The summed E-state index contributed by atoms with van der Waals surface area (Å²) >= 11 is 3.40. The molecule has 7 rings (SSSR count). The van der Waals surface area contributed by atoms with Gasteiger partial charge in [0.2, 0.25) is 15.9 Å². The maximum atomic E-state index is 16.7. The van der Waals surface area contributed by atoms with E-state index in [9.17, 15) is 13.2 Å². The summed E-state index contributed by atoms with van der Waals surface area (Å²) in [5.74, 6) is -4.09. The summed E-state index contributed by atoms with van der Waals surface area (Å²) < 4.78 is 70.1.